The van der Waals surface area contributed by atoms with E-state index in [1.165, 1.54) is 24.8 Å². The number of aromatic nitrogens is 2. The lowest BCUT2D eigenvalue weighted by Gasteiger charge is -2.22. The van der Waals surface area contributed by atoms with Gasteiger partial charge in [0.05, 0.1) is 0 Å². The number of hydrogen-bond acceptors (Lipinski definition) is 3. The summed E-state index contributed by atoms with van der Waals surface area (Å²) in [4.78, 5) is 8.19. The van der Waals surface area contributed by atoms with Crippen LogP contribution in [0.2, 0.25) is 0 Å². The van der Waals surface area contributed by atoms with Crippen LogP contribution in [0.25, 0.3) is 0 Å². The van der Waals surface area contributed by atoms with Crippen LogP contribution in [-0.2, 0) is 0 Å². The van der Waals surface area contributed by atoms with Crippen LogP contribution in [-0.4, -0.2) is 16.5 Å². The van der Waals surface area contributed by atoms with E-state index < -0.39 is 0 Å². The Balaban J connectivity index is 2.67. The van der Waals surface area contributed by atoms with Gasteiger partial charge in [0.25, 0.3) is 0 Å². The van der Waals surface area contributed by atoms with E-state index in [1.807, 2.05) is 12.4 Å². The Kier molecular flexibility index (Phi) is 6.01. The van der Waals surface area contributed by atoms with Gasteiger partial charge in [-0.25, -0.2) is 9.97 Å². The molecule has 0 aliphatic rings. The molecule has 1 heterocycles. The summed E-state index contributed by atoms with van der Waals surface area (Å²) in [5.41, 5.74) is 1.20. The van der Waals surface area contributed by atoms with Crippen LogP contribution in [0.15, 0.2) is 18.7 Å². The van der Waals surface area contributed by atoms with Crippen LogP contribution in [0.4, 0.5) is 0 Å². The van der Waals surface area contributed by atoms with E-state index in [1.54, 1.807) is 6.33 Å². The van der Waals surface area contributed by atoms with Crippen molar-refractivity contribution < 1.29 is 0 Å². The molecule has 1 unspecified atom stereocenters. The lowest BCUT2D eigenvalue weighted by atomic mass is 9.92. The van der Waals surface area contributed by atoms with Crippen LogP contribution in [0.3, 0.4) is 0 Å². The summed E-state index contributed by atoms with van der Waals surface area (Å²) >= 11 is 0. The monoisotopic (exact) mass is 221 g/mol. The average molecular weight is 221 g/mol. The lowest BCUT2D eigenvalue weighted by molar-refractivity contribution is 0.374. The normalized spacial score (nSPS) is 13.0. The molecule has 16 heavy (non-hydrogen) atoms. The molecule has 0 spiro atoms. The van der Waals surface area contributed by atoms with Crippen molar-refractivity contribution in [2.75, 3.05) is 6.54 Å². The second kappa shape index (κ2) is 7.34. The second-order valence-corrected chi connectivity index (χ2v) is 4.20. The van der Waals surface area contributed by atoms with Gasteiger partial charge in [0.1, 0.15) is 6.33 Å². The van der Waals surface area contributed by atoms with Gasteiger partial charge in [-0.15, -0.1) is 0 Å². The summed E-state index contributed by atoms with van der Waals surface area (Å²) in [6.45, 7) is 7.65. The molecule has 0 saturated carbocycles. The van der Waals surface area contributed by atoms with E-state index in [2.05, 4.69) is 36.1 Å². The van der Waals surface area contributed by atoms with Gasteiger partial charge in [-0.3, -0.25) is 0 Å². The Morgan fingerprint density at radius 3 is 2.25 bits per heavy atom. The first-order chi connectivity index (χ1) is 7.81. The molecule has 1 aromatic heterocycles. The Bertz CT molecular complexity index is 270. The van der Waals surface area contributed by atoms with E-state index in [9.17, 15) is 0 Å². The summed E-state index contributed by atoms with van der Waals surface area (Å²) < 4.78 is 0. The molecule has 0 amide bonds. The third-order valence-electron chi connectivity index (χ3n) is 3.16. The van der Waals surface area contributed by atoms with Crippen molar-refractivity contribution in [3.63, 3.8) is 0 Å². The highest BCUT2D eigenvalue weighted by Gasteiger charge is 2.15. The first kappa shape index (κ1) is 13.1. The maximum Gasteiger partial charge on any atom is 0.115 e. The highest BCUT2D eigenvalue weighted by Crippen LogP contribution is 2.24. The first-order valence-corrected chi connectivity index (χ1v) is 6.30. The lowest BCUT2D eigenvalue weighted by Crippen LogP contribution is -2.23. The van der Waals surface area contributed by atoms with Gasteiger partial charge in [0.15, 0.2) is 0 Å². The van der Waals surface area contributed by atoms with Crippen molar-refractivity contribution in [1.29, 1.82) is 0 Å². The minimum Gasteiger partial charge on any atom is -0.310 e. The van der Waals surface area contributed by atoms with Gasteiger partial charge in [-0.2, -0.15) is 0 Å². The van der Waals surface area contributed by atoms with Crippen LogP contribution in [0.5, 0.6) is 0 Å². The highest BCUT2D eigenvalue weighted by molar-refractivity contribution is 5.09. The SMILES string of the molecule is CCNC(CC(CC)CC)c1cncnc1. The number of nitrogens with one attached hydrogen (secondary N) is 1. The Morgan fingerprint density at radius 2 is 1.75 bits per heavy atom. The molecule has 0 aliphatic carbocycles. The van der Waals surface area contributed by atoms with Gasteiger partial charge >= 0.3 is 0 Å². The number of hydrogen-bond donors (Lipinski definition) is 1. The van der Waals surface area contributed by atoms with Crippen molar-refractivity contribution in [1.82, 2.24) is 15.3 Å². The van der Waals surface area contributed by atoms with Crippen molar-refractivity contribution in [2.45, 2.75) is 46.1 Å². The molecule has 0 radical (unpaired) electrons. The summed E-state index contributed by atoms with van der Waals surface area (Å²) in [6, 6.07) is 0.399. The fourth-order valence-corrected chi connectivity index (χ4v) is 2.03. The van der Waals surface area contributed by atoms with Gasteiger partial charge in [0.2, 0.25) is 0 Å². The van der Waals surface area contributed by atoms with Gasteiger partial charge in [0, 0.05) is 24.0 Å². The van der Waals surface area contributed by atoms with Gasteiger partial charge in [-0.05, 0) is 18.9 Å². The largest absolute Gasteiger partial charge is 0.310 e. The summed E-state index contributed by atoms with van der Waals surface area (Å²) in [7, 11) is 0. The zero-order chi connectivity index (χ0) is 11.8. The smallest absolute Gasteiger partial charge is 0.115 e. The molecule has 90 valence electrons. The maximum atomic E-state index is 4.10. The van der Waals surface area contributed by atoms with Crippen molar-refractivity contribution in [3.8, 4) is 0 Å². The fraction of sp³-hybridized carbons (Fsp3) is 0.692. The third kappa shape index (κ3) is 3.89. The Labute approximate surface area is 98.7 Å². The zero-order valence-electron chi connectivity index (χ0n) is 10.6. The van der Waals surface area contributed by atoms with Crippen molar-refractivity contribution in [2.24, 2.45) is 5.92 Å². The topological polar surface area (TPSA) is 37.8 Å². The average Bonchev–Trinajstić information content (AvgIpc) is 2.35. The predicted molar refractivity (Wildman–Crippen MR) is 67.1 cm³/mol. The summed E-state index contributed by atoms with van der Waals surface area (Å²) in [5.74, 6) is 0.782. The Hall–Kier alpha value is -0.960. The molecule has 3 heteroatoms. The Morgan fingerprint density at radius 1 is 1.12 bits per heavy atom. The van der Waals surface area contributed by atoms with Gasteiger partial charge in [-0.1, -0.05) is 33.6 Å². The van der Waals surface area contributed by atoms with Crippen LogP contribution >= 0.6 is 0 Å². The van der Waals surface area contributed by atoms with Crippen molar-refractivity contribution in [3.05, 3.63) is 24.3 Å². The molecule has 0 bridgehead atoms. The maximum absolute atomic E-state index is 4.10. The van der Waals surface area contributed by atoms with E-state index in [0.29, 0.717) is 6.04 Å². The van der Waals surface area contributed by atoms with E-state index >= 15 is 0 Å². The van der Waals surface area contributed by atoms with E-state index in [0.717, 1.165) is 12.5 Å². The summed E-state index contributed by atoms with van der Waals surface area (Å²) in [6.07, 6.45) is 9.08. The zero-order valence-corrected chi connectivity index (χ0v) is 10.6. The minimum absolute atomic E-state index is 0.399. The molecule has 0 aliphatic heterocycles. The molecule has 1 rings (SSSR count). The summed E-state index contributed by atoms with van der Waals surface area (Å²) in [5, 5.41) is 3.52. The van der Waals surface area contributed by atoms with Crippen LogP contribution in [0, 0.1) is 5.92 Å². The molecule has 0 fully saturated rings. The minimum atomic E-state index is 0.399. The van der Waals surface area contributed by atoms with Crippen LogP contribution < -0.4 is 5.32 Å². The highest BCUT2D eigenvalue weighted by atomic mass is 14.9. The molecule has 0 saturated heterocycles. The second-order valence-electron chi connectivity index (χ2n) is 4.20. The number of rotatable bonds is 7. The van der Waals surface area contributed by atoms with E-state index in [-0.39, 0.29) is 0 Å². The van der Waals surface area contributed by atoms with E-state index in [4.69, 9.17) is 0 Å². The standard InChI is InChI=1S/C13H23N3/c1-4-11(5-2)7-13(16-6-3)12-8-14-10-15-9-12/h8-11,13,16H,4-7H2,1-3H3. The fourth-order valence-electron chi connectivity index (χ4n) is 2.03. The molecular weight excluding hydrogens is 198 g/mol. The van der Waals surface area contributed by atoms with Crippen molar-refractivity contribution >= 4 is 0 Å². The quantitative estimate of drug-likeness (QED) is 0.769. The predicted octanol–water partition coefficient (Wildman–Crippen LogP) is 2.95. The number of nitrogens with zero attached hydrogens (tertiary/aromatic N) is 2. The van der Waals surface area contributed by atoms with Crippen LogP contribution in [0.1, 0.15) is 51.6 Å². The van der Waals surface area contributed by atoms with Gasteiger partial charge < -0.3 is 5.32 Å². The molecule has 1 N–H and O–H groups in total. The molecule has 1 atom stereocenters. The molecule has 3 nitrogen and oxygen atoms in total. The molecular formula is C13H23N3. The first-order valence-electron chi connectivity index (χ1n) is 6.30. The third-order valence-corrected chi connectivity index (χ3v) is 3.16. The molecule has 1 aromatic rings. The molecule has 0 aromatic carbocycles.